The average Bonchev–Trinajstić information content (AvgIpc) is 2.85. The predicted octanol–water partition coefficient (Wildman–Crippen LogP) is 4.94. The highest BCUT2D eigenvalue weighted by Gasteiger charge is 2.41. The van der Waals surface area contributed by atoms with Gasteiger partial charge in [0.05, 0.1) is 0 Å². The van der Waals surface area contributed by atoms with Crippen LogP contribution in [0, 0.1) is 5.92 Å². The van der Waals surface area contributed by atoms with Crippen LogP contribution in [0.5, 0.6) is 0 Å². The zero-order chi connectivity index (χ0) is 23.9. The van der Waals surface area contributed by atoms with Gasteiger partial charge in [-0.2, -0.15) is 0 Å². The highest BCUT2D eigenvalue weighted by molar-refractivity contribution is 5.99. The molecule has 0 spiro atoms. The number of alkyl halides is 2. The molecule has 0 unspecified atom stereocenters. The number of benzene rings is 1. The molecule has 1 aromatic carbocycles. The van der Waals surface area contributed by atoms with Crippen molar-refractivity contribution < 1.29 is 13.6 Å². The molecule has 0 N–H and O–H groups in total. The van der Waals surface area contributed by atoms with Crippen molar-refractivity contribution in [1.29, 1.82) is 0 Å². The van der Waals surface area contributed by atoms with Gasteiger partial charge < -0.3 is 9.80 Å². The van der Waals surface area contributed by atoms with Crippen LogP contribution in [0.2, 0.25) is 0 Å². The van der Waals surface area contributed by atoms with Crippen LogP contribution in [-0.2, 0) is 4.79 Å². The molecule has 2 aliphatic rings. The number of hydrogen-bond donors (Lipinski definition) is 0. The summed E-state index contributed by atoms with van der Waals surface area (Å²) in [5, 5.41) is 11.1. The lowest BCUT2D eigenvalue weighted by atomic mass is 9.85. The number of carbonyl (C=O) groups excluding carboxylic acids is 1. The highest BCUT2D eigenvalue weighted by atomic mass is 19.3. The number of rotatable bonds is 3. The van der Waals surface area contributed by atoms with Gasteiger partial charge >= 0.3 is 0 Å². The third kappa shape index (κ3) is 4.21. The van der Waals surface area contributed by atoms with E-state index in [1.807, 2.05) is 54.4 Å². The van der Waals surface area contributed by atoms with Gasteiger partial charge in [-0.05, 0) is 32.8 Å². The van der Waals surface area contributed by atoms with E-state index in [2.05, 4.69) is 27.0 Å². The summed E-state index contributed by atoms with van der Waals surface area (Å²) in [7, 11) is 0. The number of piperazine rings is 1. The fourth-order valence-corrected chi connectivity index (χ4v) is 5.26. The number of pyridine rings is 1. The third-order valence-corrected chi connectivity index (χ3v) is 7.22. The standard InChI is InChI=1S/C26H29F2N5O/c1-17-16-33(25(34)20-8-11-26(27,28)12-9-20)18(2)15-32(17)24-22-14-29-13-10-21(22)23(30-31-24)19-6-4-3-5-7-19/h3-7,10,13-14,17-18,20H,8-9,11-12,15-16H2,1-2H3/t17-,18+/m1/s1. The maximum Gasteiger partial charge on any atom is 0.248 e. The third-order valence-electron chi connectivity index (χ3n) is 7.22. The maximum absolute atomic E-state index is 13.6. The monoisotopic (exact) mass is 465 g/mol. The molecule has 1 saturated heterocycles. The van der Waals surface area contributed by atoms with Crippen LogP contribution < -0.4 is 4.90 Å². The summed E-state index contributed by atoms with van der Waals surface area (Å²) in [6, 6.07) is 11.9. The van der Waals surface area contributed by atoms with E-state index in [0.717, 1.165) is 27.8 Å². The molecule has 2 atom stereocenters. The van der Waals surface area contributed by atoms with Gasteiger partial charge in [-0.3, -0.25) is 9.78 Å². The number of hydrogen-bond acceptors (Lipinski definition) is 5. The van der Waals surface area contributed by atoms with E-state index in [1.165, 1.54) is 0 Å². The normalized spacial score (nSPS) is 23.3. The molecule has 0 radical (unpaired) electrons. The van der Waals surface area contributed by atoms with Crippen molar-refractivity contribution in [3.63, 3.8) is 0 Å². The van der Waals surface area contributed by atoms with Gasteiger partial charge in [0, 0.05) is 72.7 Å². The van der Waals surface area contributed by atoms with Crippen LogP contribution >= 0.6 is 0 Å². The van der Waals surface area contributed by atoms with Crippen molar-refractivity contribution in [2.45, 2.75) is 57.5 Å². The summed E-state index contributed by atoms with van der Waals surface area (Å²) in [5.74, 6) is -2.18. The van der Waals surface area contributed by atoms with Gasteiger partial charge in [0.2, 0.25) is 11.8 Å². The molecule has 34 heavy (non-hydrogen) atoms. The van der Waals surface area contributed by atoms with E-state index < -0.39 is 5.92 Å². The Morgan fingerprint density at radius 2 is 1.71 bits per heavy atom. The molecule has 1 saturated carbocycles. The summed E-state index contributed by atoms with van der Waals surface area (Å²) >= 11 is 0. The summed E-state index contributed by atoms with van der Waals surface area (Å²) < 4.78 is 27.2. The summed E-state index contributed by atoms with van der Waals surface area (Å²) in [6.07, 6.45) is 3.70. The molecule has 1 amide bonds. The van der Waals surface area contributed by atoms with Crippen LogP contribution in [-0.4, -0.2) is 57.1 Å². The Labute approximate surface area is 198 Å². The number of fused-ring (bicyclic) bond motifs is 1. The first kappa shape index (κ1) is 22.6. The van der Waals surface area contributed by atoms with Gasteiger partial charge in [0.15, 0.2) is 5.82 Å². The largest absolute Gasteiger partial charge is 0.348 e. The van der Waals surface area contributed by atoms with E-state index in [1.54, 1.807) is 6.20 Å². The lowest BCUT2D eigenvalue weighted by molar-refractivity contribution is -0.142. The smallest absolute Gasteiger partial charge is 0.248 e. The van der Waals surface area contributed by atoms with Gasteiger partial charge in [-0.25, -0.2) is 8.78 Å². The van der Waals surface area contributed by atoms with Crippen molar-refractivity contribution in [3.05, 3.63) is 48.8 Å². The number of nitrogens with zero attached hydrogens (tertiary/aromatic N) is 5. The lowest BCUT2D eigenvalue weighted by Crippen LogP contribution is -2.59. The molecule has 178 valence electrons. The zero-order valence-electron chi connectivity index (χ0n) is 19.5. The van der Waals surface area contributed by atoms with Crippen LogP contribution in [0.25, 0.3) is 22.0 Å². The first-order valence-electron chi connectivity index (χ1n) is 11.9. The second-order valence-corrected chi connectivity index (χ2v) is 9.63. The first-order chi connectivity index (χ1) is 16.3. The van der Waals surface area contributed by atoms with Gasteiger partial charge in [0.25, 0.3) is 0 Å². The Morgan fingerprint density at radius 1 is 0.971 bits per heavy atom. The number of halogens is 2. The quantitative estimate of drug-likeness (QED) is 0.548. The Morgan fingerprint density at radius 3 is 2.44 bits per heavy atom. The molecular formula is C26H29F2N5O. The topological polar surface area (TPSA) is 62.2 Å². The van der Waals surface area contributed by atoms with E-state index in [4.69, 9.17) is 0 Å². The number of anilines is 1. The molecule has 2 fully saturated rings. The molecule has 8 heteroatoms. The Kier molecular flexibility index (Phi) is 5.91. The Balaban J connectivity index is 1.40. The second-order valence-electron chi connectivity index (χ2n) is 9.63. The summed E-state index contributed by atoms with van der Waals surface area (Å²) in [6.45, 7) is 5.20. The fraction of sp³-hybridized carbons (Fsp3) is 0.462. The van der Waals surface area contributed by atoms with Crippen molar-refractivity contribution in [1.82, 2.24) is 20.1 Å². The molecule has 2 aromatic heterocycles. The van der Waals surface area contributed by atoms with E-state index in [0.29, 0.717) is 13.1 Å². The van der Waals surface area contributed by atoms with Crippen LogP contribution in [0.1, 0.15) is 39.5 Å². The van der Waals surface area contributed by atoms with E-state index >= 15 is 0 Å². The highest BCUT2D eigenvalue weighted by Crippen LogP contribution is 2.38. The SMILES string of the molecule is C[C@@H]1CN(C(=O)C2CCC(F)(F)CC2)[C@@H](C)CN1c1nnc(-c2ccccc2)c2ccncc12. The van der Waals surface area contributed by atoms with Crippen LogP contribution in [0.4, 0.5) is 14.6 Å². The number of carbonyl (C=O) groups is 1. The van der Waals surface area contributed by atoms with Crippen molar-refractivity contribution >= 4 is 22.5 Å². The maximum atomic E-state index is 13.6. The molecule has 0 bridgehead atoms. The second kappa shape index (κ2) is 8.89. The number of amides is 1. The molecular weight excluding hydrogens is 436 g/mol. The fourth-order valence-electron chi connectivity index (χ4n) is 5.26. The minimum absolute atomic E-state index is 0.00506. The van der Waals surface area contributed by atoms with Crippen molar-refractivity contribution in [2.75, 3.05) is 18.0 Å². The van der Waals surface area contributed by atoms with Gasteiger partial charge in [0.1, 0.15) is 5.69 Å². The Bertz CT molecular complexity index is 1180. The van der Waals surface area contributed by atoms with Gasteiger partial charge in [-0.1, -0.05) is 30.3 Å². The van der Waals surface area contributed by atoms with Crippen LogP contribution in [0.3, 0.4) is 0 Å². The number of aromatic nitrogens is 3. The van der Waals surface area contributed by atoms with Gasteiger partial charge in [-0.15, -0.1) is 10.2 Å². The van der Waals surface area contributed by atoms with Crippen molar-refractivity contribution in [3.8, 4) is 11.3 Å². The minimum atomic E-state index is -2.63. The van der Waals surface area contributed by atoms with E-state index in [-0.39, 0.29) is 49.6 Å². The van der Waals surface area contributed by atoms with Crippen LogP contribution in [0.15, 0.2) is 48.8 Å². The molecule has 1 aliphatic heterocycles. The molecule has 3 aromatic rings. The Hall–Kier alpha value is -3.16. The minimum Gasteiger partial charge on any atom is -0.348 e. The average molecular weight is 466 g/mol. The zero-order valence-corrected chi connectivity index (χ0v) is 19.5. The molecule has 6 nitrogen and oxygen atoms in total. The van der Waals surface area contributed by atoms with E-state index in [9.17, 15) is 13.6 Å². The summed E-state index contributed by atoms with van der Waals surface area (Å²) in [4.78, 5) is 21.6. The molecule has 3 heterocycles. The lowest BCUT2D eigenvalue weighted by Gasteiger charge is -2.46. The molecule has 5 rings (SSSR count). The summed E-state index contributed by atoms with van der Waals surface area (Å²) in [5.41, 5.74) is 1.80. The molecule has 1 aliphatic carbocycles. The van der Waals surface area contributed by atoms with Crippen molar-refractivity contribution in [2.24, 2.45) is 5.92 Å². The predicted molar refractivity (Wildman–Crippen MR) is 128 cm³/mol. The first-order valence-corrected chi connectivity index (χ1v) is 11.9.